The van der Waals surface area contributed by atoms with Crippen molar-refractivity contribution in [2.75, 3.05) is 27.8 Å². The van der Waals surface area contributed by atoms with Gasteiger partial charge in [0.25, 0.3) is 0 Å². The van der Waals surface area contributed by atoms with Crippen LogP contribution in [0.2, 0.25) is 0 Å². The summed E-state index contributed by atoms with van der Waals surface area (Å²) in [5.41, 5.74) is 4.67. The summed E-state index contributed by atoms with van der Waals surface area (Å²) in [5, 5.41) is 29.6. The van der Waals surface area contributed by atoms with Crippen LogP contribution >= 0.6 is 0 Å². The minimum atomic E-state index is 0.0943. The van der Waals surface area contributed by atoms with Crippen LogP contribution in [0.1, 0.15) is 11.1 Å². The number of ether oxygens (including phenoxy) is 4. The van der Waals surface area contributed by atoms with E-state index in [1.807, 2.05) is 97.1 Å². The van der Waals surface area contributed by atoms with E-state index in [0.29, 0.717) is 22.6 Å². The number of rotatable bonds is 8. The molecule has 0 amide bonds. The van der Waals surface area contributed by atoms with Crippen LogP contribution in [-0.2, 0) is 9.47 Å². The van der Waals surface area contributed by atoms with Gasteiger partial charge in [-0.25, -0.2) is 0 Å². The maximum atomic E-state index is 11.0. The zero-order valence-electron chi connectivity index (χ0n) is 28.6. The molecule has 0 radical (unpaired) electrons. The Hall–Kier alpha value is -6.52. The zero-order chi connectivity index (χ0) is 35.6. The summed E-state index contributed by atoms with van der Waals surface area (Å²) in [7, 11) is 3.21. The van der Waals surface area contributed by atoms with Gasteiger partial charge >= 0.3 is 0 Å². The lowest BCUT2D eigenvalue weighted by Gasteiger charge is -2.19. The number of phenolic OH excluding ortho intramolecular Hbond substituents is 2. The van der Waals surface area contributed by atoms with Gasteiger partial charge in [0.2, 0.25) is 0 Å². The molecular formula is C46H34O6. The van der Waals surface area contributed by atoms with E-state index in [9.17, 15) is 10.2 Å². The van der Waals surface area contributed by atoms with Crippen molar-refractivity contribution >= 4 is 43.1 Å². The molecule has 0 aliphatic heterocycles. The lowest BCUT2D eigenvalue weighted by Crippen LogP contribution is -2.03. The van der Waals surface area contributed by atoms with Crippen LogP contribution in [0.15, 0.2) is 133 Å². The quantitative estimate of drug-likeness (QED) is 0.123. The van der Waals surface area contributed by atoms with Crippen molar-refractivity contribution in [2.24, 2.45) is 0 Å². The summed E-state index contributed by atoms with van der Waals surface area (Å²) in [6.07, 6.45) is 0. The largest absolute Gasteiger partial charge is 0.507 e. The molecule has 8 aromatic rings. The van der Waals surface area contributed by atoms with E-state index in [0.717, 1.165) is 65.3 Å². The van der Waals surface area contributed by atoms with Crippen molar-refractivity contribution in [3.8, 4) is 57.1 Å². The number of phenols is 2. The topological polar surface area (TPSA) is 77.4 Å². The summed E-state index contributed by atoms with van der Waals surface area (Å²) in [6, 6.07) is 43.2. The highest BCUT2D eigenvalue weighted by Gasteiger charge is 2.20. The minimum absolute atomic E-state index is 0.0943. The van der Waals surface area contributed by atoms with E-state index in [2.05, 4.69) is 36.1 Å². The molecule has 8 aromatic carbocycles. The smallest absolute Gasteiger partial charge is 0.188 e. The second-order valence-electron chi connectivity index (χ2n) is 12.5. The third-order valence-corrected chi connectivity index (χ3v) is 9.29. The summed E-state index contributed by atoms with van der Waals surface area (Å²) >= 11 is 0. The van der Waals surface area contributed by atoms with E-state index in [-0.39, 0.29) is 25.1 Å². The van der Waals surface area contributed by atoms with E-state index in [1.54, 1.807) is 26.4 Å². The predicted molar refractivity (Wildman–Crippen MR) is 208 cm³/mol. The fraction of sp³-hybridized carbons (Fsp3) is 0.0870. The lowest BCUT2D eigenvalue weighted by molar-refractivity contribution is 0.0502. The Labute approximate surface area is 301 Å². The average Bonchev–Trinajstić information content (AvgIpc) is 3.18. The molecule has 0 atom stereocenters. The van der Waals surface area contributed by atoms with Gasteiger partial charge in [-0.1, -0.05) is 96.8 Å². The highest BCUT2D eigenvalue weighted by molar-refractivity contribution is 6.11. The molecule has 52 heavy (non-hydrogen) atoms. The van der Waals surface area contributed by atoms with Gasteiger partial charge in [0.05, 0.1) is 0 Å². The first-order valence-corrected chi connectivity index (χ1v) is 16.9. The minimum Gasteiger partial charge on any atom is -0.507 e. The third-order valence-electron chi connectivity index (χ3n) is 9.29. The average molecular weight is 683 g/mol. The van der Waals surface area contributed by atoms with Gasteiger partial charge in [-0.05, 0) is 91.6 Å². The SMILES string of the molecule is COCOc1ccc2ccccc2c1-c1c(OCOC)ccc2cc(C#Cc3ccc4c(-c5c(O)ccc6ccccc56)c(O)ccc4c3)ccc12. The number of hydrogen-bond donors (Lipinski definition) is 2. The number of hydrogen-bond acceptors (Lipinski definition) is 6. The highest BCUT2D eigenvalue weighted by atomic mass is 16.7. The van der Waals surface area contributed by atoms with Crippen LogP contribution < -0.4 is 9.47 Å². The highest BCUT2D eigenvalue weighted by Crippen LogP contribution is 2.47. The van der Waals surface area contributed by atoms with E-state index in [4.69, 9.17) is 18.9 Å². The molecule has 0 unspecified atom stereocenters. The first-order valence-electron chi connectivity index (χ1n) is 16.9. The van der Waals surface area contributed by atoms with Crippen LogP contribution in [0.25, 0.3) is 65.3 Å². The Kier molecular flexibility index (Phi) is 8.80. The molecule has 0 fully saturated rings. The van der Waals surface area contributed by atoms with Gasteiger partial charge < -0.3 is 29.2 Å². The first kappa shape index (κ1) is 32.7. The number of fused-ring (bicyclic) bond motifs is 4. The number of methoxy groups -OCH3 is 2. The monoisotopic (exact) mass is 682 g/mol. The van der Waals surface area contributed by atoms with Crippen LogP contribution in [0.3, 0.4) is 0 Å². The van der Waals surface area contributed by atoms with Crippen LogP contribution in [-0.4, -0.2) is 38.0 Å². The van der Waals surface area contributed by atoms with Gasteiger partial charge in [0, 0.05) is 47.6 Å². The van der Waals surface area contributed by atoms with Crippen molar-refractivity contribution in [1.82, 2.24) is 0 Å². The molecule has 0 aromatic heterocycles. The molecular weight excluding hydrogens is 649 g/mol. The number of benzene rings is 8. The molecule has 0 bridgehead atoms. The Morgan fingerprint density at radius 3 is 1.35 bits per heavy atom. The lowest BCUT2D eigenvalue weighted by atomic mass is 9.91. The second-order valence-corrected chi connectivity index (χ2v) is 12.5. The van der Waals surface area contributed by atoms with Gasteiger partial charge in [0.15, 0.2) is 13.6 Å². The van der Waals surface area contributed by atoms with Crippen molar-refractivity contribution in [1.29, 1.82) is 0 Å². The zero-order valence-corrected chi connectivity index (χ0v) is 28.6. The fourth-order valence-corrected chi connectivity index (χ4v) is 6.97. The van der Waals surface area contributed by atoms with Crippen molar-refractivity contribution in [2.45, 2.75) is 0 Å². The van der Waals surface area contributed by atoms with Gasteiger partial charge in [-0.15, -0.1) is 0 Å². The van der Waals surface area contributed by atoms with Gasteiger partial charge in [0.1, 0.15) is 23.0 Å². The van der Waals surface area contributed by atoms with Crippen molar-refractivity contribution in [3.63, 3.8) is 0 Å². The molecule has 0 aliphatic rings. The molecule has 0 saturated carbocycles. The molecule has 6 heteroatoms. The fourth-order valence-electron chi connectivity index (χ4n) is 6.97. The first-order chi connectivity index (χ1) is 25.5. The second kappa shape index (κ2) is 14.0. The van der Waals surface area contributed by atoms with E-state index < -0.39 is 0 Å². The maximum Gasteiger partial charge on any atom is 0.188 e. The standard InChI is InChI=1S/C46H34O6/c1-49-27-51-41-23-17-32-8-4-6-10-36(32)45(41)46-38-20-14-30(26-34(38)18-24-42(46)52-28-50-2)12-11-29-13-19-37-33(25-29)16-22-40(48)44(37)43-35-9-5-3-7-31(35)15-21-39(43)47/h3-10,13-26,47-48H,27-28H2,1-2H3. The van der Waals surface area contributed by atoms with Crippen LogP contribution in [0, 0.1) is 11.8 Å². The van der Waals surface area contributed by atoms with Crippen LogP contribution in [0.5, 0.6) is 23.0 Å². The third kappa shape index (κ3) is 5.99. The normalized spacial score (nSPS) is 11.2. The Morgan fingerprint density at radius 2 is 0.827 bits per heavy atom. The molecule has 254 valence electrons. The molecule has 0 saturated heterocycles. The van der Waals surface area contributed by atoms with E-state index >= 15 is 0 Å². The number of aromatic hydroxyl groups is 2. The molecule has 0 spiro atoms. The van der Waals surface area contributed by atoms with Gasteiger partial charge in [-0.2, -0.15) is 0 Å². The Balaban J connectivity index is 1.21. The Bertz CT molecular complexity index is 2700. The van der Waals surface area contributed by atoms with Crippen molar-refractivity contribution < 1.29 is 29.2 Å². The van der Waals surface area contributed by atoms with E-state index in [1.165, 1.54) is 0 Å². The molecule has 8 rings (SSSR count). The maximum absolute atomic E-state index is 11.0. The Morgan fingerprint density at radius 1 is 0.423 bits per heavy atom. The molecule has 0 heterocycles. The van der Waals surface area contributed by atoms with Crippen molar-refractivity contribution in [3.05, 3.63) is 145 Å². The molecule has 0 aliphatic carbocycles. The predicted octanol–water partition coefficient (Wildman–Crippen LogP) is 10.4. The van der Waals surface area contributed by atoms with Crippen LogP contribution in [0.4, 0.5) is 0 Å². The summed E-state index contributed by atoms with van der Waals surface area (Å²) in [4.78, 5) is 0. The summed E-state index contributed by atoms with van der Waals surface area (Å²) < 4.78 is 22.8. The summed E-state index contributed by atoms with van der Waals surface area (Å²) in [5.74, 6) is 8.26. The summed E-state index contributed by atoms with van der Waals surface area (Å²) in [6.45, 7) is 0.198. The molecule has 2 N–H and O–H groups in total. The van der Waals surface area contributed by atoms with Gasteiger partial charge in [-0.3, -0.25) is 0 Å². The molecule has 6 nitrogen and oxygen atoms in total.